The minimum atomic E-state index is -0.409. The van der Waals surface area contributed by atoms with Crippen molar-refractivity contribution in [2.75, 3.05) is 17.6 Å². The molecule has 18 heavy (non-hydrogen) atoms. The topological polar surface area (TPSA) is 82.1 Å². The standard InChI is InChI=1S/C14H21N3O/c1-14(2,3)7-12(18)9-17-11-4-5-13(16)10(6-11)8-15/h4-6,12,17-18H,7,9,16H2,1-3H3. The Morgan fingerprint density at radius 1 is 1.44 bits per heavy atom. The molecule has 1 unspecified atom stereocenters. The van der Waals surface area contributed by atoms with Gasteiger partial charge in [0, 0.05) is 17.9 Å². The van der Waals surface area contributed by atoms with Gasteiger partial charge >= 0.3 is 0 Å². The van der Waals surface area contributed by atoms with E-state index in [9.17, 15) is 5.11 Å². The van der Waals surface area contributed by atoms with E-state index in [1.54, 1.807) is 18.2 Å². The Morgan fingerprint density at radius 3 is 2.67 bits per heavy atom. The number of nitrogens with zero attached hydrogens (tertiary/aromatic N) is 1. The van der Waals surface area contributed by atoms with Gasteiger partial charge in [0.05, 0.1) is 11.7 Å². The van der Waals surface area contributed by atoms with Crippen LogP contribution in [0.1, 0.15) is 32.8 Å². The third kappa shape index (κ3) is 4.64. The van der Waals surface area contributed by atoms with Crippen LogP contribution < -0.4 is 11.1 Å². The maximum absolute atomic E-state index is 9.88. The number of rotatable bonds is 4. The van der Waals surface area contributed by atoms with Crippen molar-refractivity contribution >= 4 is 11.4 Å². The van der Waals surface area contributed by atoms with Crippen molar-refractivity contribution in [3.05, 3.63) is 23.8 Å². The molecule has 0 aliphatic rings. The first-order chi connectivity index (χ1) is 8.31. The van der Waals surface area contributed by atoms with E-state index in [0.717, 1.165) is 12.1 Å². The summed E-state index contributed by atoms with van der Waals surface area (Å²) in [7, 11) is 0. The quantitative estimate of drug-likeness (QED) is 0.713. The summed E-state index contributed by atoms with van der Waals surface area (Å²) in [6.07, 6.45) is 0.313. The molecule has 98 valence electrons. The summed E-state index contributed by atoms with van der Waals surface area (Å²) < 4.78 is 0. The van der Waals surface area contributed by atoms with Gasteiger partial charge in [-0.1, -0.05) is 20.8 Å². The molecule has 0 fully saturated rings. The van der Waals surface area contributed by atoms with Crippen LogP contribution in [0.4, 0.5) is 11.4 Å². The molecule has 0 bridgehead atoms. The molecule has 1 aromatic rings. The maximum atomic E-state index is 9.88. The van der Waals surface area contributed by atoms with Gasteiger partial charge < -0.3 is 16.2 Å². The minimum Gasteiger partial charge on any atom is -0.398 e. The van der Waals surface area contributed by atoms with E-state index >= 15 is 0 Å². The van der Waals surface area contributed by atoms with E-state index in [4.69, 9.17) is 11.0 Å². The fraction of sp³-hybridized carbons (Fsp3) is 0.500. The second kappa shape index (κ2) is 5.74. The molecule has 0 aliphatic heterocycles. The van der Waals surface area contributed by atoms with Crippen molar-refractivity contribution in [1.29, 1.82) is 5.26 Å². The van der Waals surface area contributed by atoms with Gasteiger partial charge in [0.25, 0.3) is 0 Å². The first-order valence-corrected chi connectivity index (χ1v) is 6.03. The third-order valence-corrected chi connectivity index (χ3v) is 2.56. The number of aliphatic hydroxyl groups excluding tert-OH is 1. The number of anilines is 2. The second-order valence-electron chi connectivity index (χ2n) is 5.71. The van der Waals surface area contributed by atoms with Gasteiger partial charge in [-0.05, 0) is 30.0 Å². The lowest BCUT2D eigenvalue weighted by atomic mass is 9.89. The average molecular weight is 247 g/mol. The molecule has 1 aromatic carbocycles. The van der Waals surface area contributed by atoms with E-state index in [0.29, 0.717) is 17.8 Å². The zero-order valence-corrected chi connectivity index (χ0v) is 11.2. The zero-order chi connectivity index (χ0) is 13.8. The smallest absolute Gasteiger partial charge is 0.101 e. The molecule has 4 nitrogen and oxygen atoms in total. The molecule has 0 heterocycles. The SMILES string of the molecule is CC(C)(C)CC(O)CNc1ccc(N)c(C#N)c1. The number of nitrogens with one attached hydrogen (secondary N) is 1. The number of aliphatic hydroxyl groups is 1. The van der Waals surface area contributed by atoms with Crippen molar-refractivity contribution in [2.24, 2.45) is 5.41 Å². The van der Waals surface area contributed by atoms with Crippen LogP contribution in [0.15, 0.2) is 18.2 Å². The summed E-state index contributed by atoms with van der Waals surface area (Å²) >= 11 is 0. The van der Waals surface area contributed by atoms with Crippen molar-refractivity contribution in [3.8, 4) is 6.07 Å². The van der Waals surface area contributed by atoms with Crippen LogP contribution in [0.3, 0.4) is 0 Å². The molecule has 1 rings (SSSR count). The summed E-state index contributed by atoms with van der Waals surface area (Å²) in [5.74, 6) is 0. The van der Waals surface area contributed by atoms with Crippen LogP contribution in [-0.4, -0.2) is 17.8 Å². The van der Waals surface area contributed by atoms with Gasteiger partial charge in [-0.25, -0.2) is 0 Å². The summed E-state index contributed by atoms with van der Waals surface area (Å²) in [5.41, 5.74) is 7.46. The predicted molar refractivity (Wildman–Crippen MR) is 74.1 cm³/mol. The normalized spacial score (nSPS) is 12.8. The van der Waals surface area contributed by atoms with Crippen molar-refractivity contribution in [2.45, 2.75) is 33.3 Å². The lowest BCUT2D eigenvalue weighted by Gasteiger charge is -2.22. The molecule has 0 radical (unpaired) electrons. The number of nitriles is 1. The maximum Gasteiger partial charge on any atom is 0.101 e. The number of nitrogen functional groups attached to an aromatic ring is 1. The van der Waals surface area contributed by atoms with Gasteiger partial charge in [0.2, 0.25) is 0 Å². The fourth-order valence-electron chi connectivity index (χ4n) is 1.78. The van der Waals surface area contributed by atoms with E-state index in [2.05, 4.69) is 26.1 Å². The average Bonchev–Trinajstić information content (AvgIpc) is 2.25. The van der Waals surface area contributed by atoms with Crippen LogP contribution in [0.5, 0.6) is 0 Å². The summed E-state index contributed by atoms with van der Waals surface area (Å²) in [6.45, 7) is 6.74. The van der Waals surface area contributed by atoms with Gasteiger partial charge in [0.15, 0.2) is 0 Å². The first-order valence-electron chi connectivity index (χ1n) is 6.03. The predicted octanol–water partition coefficient (Wildman–Crippen LogP) is 2.35. The molecular weight excluding hydrogens is 226 g/mol. The highest BCUT2D eigenvalue weighted by molar-refractivity contribution is 5.61. The Balaban J connectivity index is 2.57. The Hall–Kier alpha value is -1.73. The summed E-state index contributed by atoms with van der Waals surface area (Å²) in [4.78, 5) is 0. The molecule has 0 spiro atoms. The molecule has 0 aliphatic carbocycles. The van der Waals surface area contributed by atoms with Crippen LogP contribution >= 0.6 is 0 Å². The van der Waals surface area contributed by atoms with Gasteiger partial charge in [-0.2, -0.15) is 5.26 Å². The lowest BCUT2D eigenvalue weighted by molar-refractivity contribution is 0.132. The summed E-state index contributed by atoms with van der Waals surface area (Å²) in [5, 5.41) is 21.9. The first kappa shape index (κ1) is 14.3. The second-order valence-corrected chi connectivity index (χ2v) is 5.71. The van der Waals surface area contributed by atoms with Gasteiger partial charge in [-0.3, -0.25) is 0 Å². The molecule has 0 aromatic heterocycles. The van der Waals surface area contributed by atoms with E-state index in [1.807, 2.05) is 6.07 Å². The fourth-order valence-corrected chi connectivity index (χ4v) is 1.78. The number of nitrogens with two attached hydrogens (primary N) is 1. The van der Waals surface area contributed by atoms with Crippen LogP contribution in [0.2, 0.25) is 0 Å². The highest BCUT2D eigenvalue weighted by Gasteiger charge is 2.16. The number of hydrogen-bond acceptors (Lipinski definition) is 4. The highest BCUT2D eigenvalue weighted by atomic mass is 16.3. The number of benzene rings is 1. The highest BCUT2D eigenvalue weighted by Crippen LogP contribution is 2.21. The van der Waals surface area contributed by atoms with Crippen LogP contribution in [0, 0.1) is 16.7 Å². The molecule has 4 heteroatoms. The Labute approximate surface area is 108 Å². The minimum absolute atomic E-state index is 0.0972. The number of hydrogen-bond donors (Lipinski definition) is 3. The molecular formula is C14H21N3O. The monoisotopic (exact) mass is 247 g/mol. The molecule has 4 N–H and O–H groups in total. The van der Waals surface area contributed by atoms with Crippen molar-refractivity contribution < 1.29 is 5.11 Å². The van der Waals surface area contributed by atoms with E-state index < -0.39 is 6.10 Å². The van der Waals surface area contributed by atoms with Gasteiger partial charge in [0.1, 0.15) is 6.07 Å². The van der Waals surface area contributed by atoms with E-state index in [-0.39, 0.29) is 5.41 Å². The Kier molecular flexibility index (Phi) is 4.57. The van der Waals surface area contributed by atoms with Crippen LogP contribution in [-0.2, 0) is 0 Å². The van der Waals surface area contributed by atoms with E-state index in [1.165, 1.54) is 0 Å². The Morgan fingerprint density at radius 2 is 2.11 bits per heavy atom. The summed E-state index contributed by atoms with van der Waals surface area (Å²) in [6, 6.07) is 7.22. The zero-order valence-electron chi connectivity index (χ0n) is 11.2. The third-order valence-electron chi connectivity index (χ3n) is 2.56. The van der Waals surface area contributed by atoms with Crippen LogP contribution in [0.25, 0.3) is 0 Å². The largest absolute Gasteiger partial charge is 0.398 e. The molecule has 0 saturated carbocycles. The van der Waals surface area contributed by atoms with Crippen molar-refractivity contribution in [1.82, 2.24) is 0 Å². The van der Waals surface area contributed by atoms with Gasteiger partial charge in [-0.15, -0.1) is 0 Å². The molecule has 1 atom stereocenters. The lowest BCUT2D eigenvalue weighted by Crippen LogP contribution is -2.25. The van der Waals surface area contributed by atoms with Crippen molar-refractivity contribution in [3.63, 3.8) is 0 Å². The molecule has 0 amide bonds. The molecule has 0 saturated heterocycles. The Bertz CT molecular complexity index is 443.